The number of carboxylic acids is 1. The Balaban J connectivity index is 1.42. The third kappa shape index (κ3) is 4.39. The molecule has 1 unspecified atom stereocenters. The quantitative estimate of drug-likeness (QED) is 0.458. The number of hydrogen-bond acceptors (Lipinski definition) is 5. The second-order valence-electron chi connectivity index (χ2n) is 6.22. The lowest BCUT2D eigenvalue weighted by atomic mass is 10.1. The van der Waals surface area contributed by atoms with Crippen molar-refractivity contribution >= 4 is 39.0 Å². The first kappa shape index (κ1) is 19.0. The predicted molar refractivity (Wildman–Crippen MR) is 109 cm³/mol. The number of furan rings is 1. The van der Waals surface area contributed by atoms with Gasteiger partial charge in [-0.15, -0.1) is 0 Å². The first-order valence-electron chi connectivity index (χ1n) is 8.76. The average molecular weight is 411 g/mol. The summed E-state index contributed by atoms with van der Waals surface area (Å²) in [6.45, 7) is -0.230. The van der Waals surface area contributed by atoms with Crippen LogP contribution >= 0.6 is 0 Å². The number of carbonyl (C=O) groups is 1. The number of para-hydroxylation sites is 1. The Bertz CT molecular complexity index is 1200. The normalized spacial score (nSPS) is 12.1. The Hall–Kier alpha value is -3.36. The van der Waals surface area contributed by atoms with Gasteiger partial charge in [0.2, 0.25) is 0 Å². The molecular formula is C21H17NO6S. The predicted octanol–water partition coefficient (Wildman–Crippen LogP) is 3.80. The number of aliphatic carboxylic acids is 1. The van der Waals surface area contributed by atoms with E-state index in [1.807, 2.05) is 42.5 Å². The molecule has 2 N–H and O–H groups in total. The van der Waals surface area contributed by atoms with Gasteiger partial charge in [0.05, 0.1) is 6.26 Å². The molecule has 0 aliphatic carbocycles. The molecule has 4 rings (SSSR count). The van der Waals surface area contributed by atoms with Crippen LogP contribution in [-0.4, -0.2) is 21.9 Å². The minimum absolute atomic E-state index is 0.232. The fourth-order valence-electron chi connectivity index (χ4n) is 2.95. The summed E-state index contributed by atoms with van der Waals surface area (Å²) in [5.74, 6) is -0.239. The molecule has 0 saturated carbocycles. The van der Waals surface area contributed by atoms with Gasteiger partial charge in [0.15, 0.2) is 17.9 Å². The maximum absolute atomic E-state index is 12.3. The maximum Gasteiger partial charge on any atom is 0.341 e. The highest BCUT2D eigenvalue weighted by atomic mass is 32.2. The first-order valence-corrected chi connectivity index (χ1v) is 9.84. The van der Waals surface area contributed by atoms with E-state index in [0.29, 0.717) is 17.1 Å². The zero-order valence-corrected chi connectivity index (χ0v) is 16.0. The van der Waals surface area contributed by atoms with Gasteiger partial charge >= 0.3 is 5.97 Å². The van der Waals surface area contributed by atoms with Gasteiger partial charge < -0.3 is 18.4 Å². The van der Waals surface area contributed by atoms with Crippen molar-refractivity contribution in [3.63, 3.8) is 0 Å². The molecule has 0 amide bonds. The van der Waals surface area contributed by atoms with Crippen LogP contribution in [0.3, 0.4) is 0 Å². The highest BCUT2D eigenvalue weighted by molar-refractivity contribution is 7.78. The van der Waals surface area contributed by atoms with Crippen LogP contribution in [0.4, 0.5) is 0 Å². The summed E-state index contributed by atoms with van der Waals surface area (Å²) in [5, 5.41) is 11.6. The van der Waals surface area contributed by atoms with Crippen molar-refractivity contribution < 1.29 is 27.4 Å². The van der Waals surface area contributed by atoms with Gasteiger partial charge in [-0.3, -0.25) is 0 Å². The largest absolute Gasteiger partial charge is 0.479 e. The number of ether oxygens (including phenoxy) is 1. The molecule has 0 aliphatic heterocycles. The number of fused-ring (bicyclic) bond motifs is 2. The van der Waals surface area contributed by atoms with Crippen molar-refractivity contribution in [2.75, 3.05) is 6.61 Å². The molecule has 1 atom stereocenters. The molecule has 0 bridgehead atoms. The molecule has 1 aromatic heterocycles. The first-order chi connectivity index (χ1) is 14.1. The third-order valence-corrected chi connectivity index (χ3v) is 4.99. The molecule has 148 valence electrons. The molecule has 8 heteroatoms. The van der Waals surface area contributed by atoms with Gasteiger partial charge in [0, 0.05) is 17.5 Å². The molecule has 3 aromatic carbocycles. The van der Waals surface area contributed by atoms with Crippen molar-refractivity contribution in [3.05, 3.63) is 72.5 Å². The molecule has 0 aliphatic rings. The van der Waals surface area contributed by atoms with Gasteiger partial charge in [0.1, 0.15) is 5.75 Å². The van der Waals surface area contributed by atoms with Gasteiger partial charge in [-0.1, -0.05) is 42.5 Å². The fraction of sp³-hybridized carbons (Fsp3) is 0.0952. The lowest BCUT2D eigenvalue weighted by molar-refractivity contribution is -0.139. The minimum Gasteiger partial charge on any atom is -0.479 e. The van der Waals surface area contributed by atoms with E-state index < -0.39 is 23.8 Å². The summed E-state index contributed by atoms with van der Waals surface area (Å²) < 4.78 is 31.3. The highest BCUT2D eigenvalue weighted by Crippen LogP contribution is 2.30. The zero-order chi connectivity index (χ0) is 20.2. The summed E-state index contributed by atoms with van der Waals surface area (Å²) in [6.07, 6.45) is 1.51. The lowest BCUT2D eigenvalue weighted by Crippen LogP contribution is -2.20. The van der Waals surface area contributed by atoms with Crippen molar-refractivity contribution in [2.24, 2.45) is 0 Å². The van der Waals surface area contributed by atoms with E-state index in [4.69, 9.17) is 18.4 Å². The number of benzene rings is 3. The second-order valence-corrected chi connectivity index (χ2v) is 7.15. The number of hydrogen-bond donors (Lipinski definition) is 2. The van der Waals surface area contributed by atoms with Crippen LogP contribution in [0.1, 0.15) is 5.56 Å². The Kier molecular flexibility index (Phi) is 5.46. The van der Waals surface area contributed by atoms with E-state index >= 15 is 0 Å². The molecule has 1 heterocycles. The number of nitrogens with one attached hydrogen (secondary N) is 1. The van der Waals surface area contributed by atoms with Crippen molar-refractivity contribution in [3.8, 4) is 11.5 Å². The molecule has 4 aromatic rings. The van der Waals surface area contributed by atoms with Crippen LogP contribution in [0.25, 0.3) is 21.7 Å². The summed E-state index contributed by atoms with van der Waals surface area (Å²) >= 11 is -1.76. The fourth-order valence-corrected chi connectivity index (χ4v) is 3.56. The maximum atomic E-state index is 12.3. The van der Waals surface area contributed by atoms with Crippen LogP contribution in [-0.2, 0) is 22.6 Å². The zero-order valence-electron chi connectivity index (χ0n) is 15.2. The number of rotatable bonds is 8. The van der Waals surface area contributed by atoms with Gasteiger partial charge in [-0.05, 0) is 29.0 Å². The molecular weight excluding hydrogens is 394 g/mol. The Morgan fingerprint density at radius 1 is 1.07 bits per heavy atom. The van der Waals surface area contributed by atoms with Crippen LogP contribution in [0.5, 0.6) is 11.5 Å². The monoisotopic (exact) mass is 411 g/mol. The minimum atomic E-state index is -1.76. The van der Waals surface area contributed by atoms with E-state index in [1.54, 1.807) is 18.2 Å². The summed E-state index contributed by atoms with van der Waals surface area (Å²) in [4.78, 5) is 10.7. The molecule has 0 fully saturated rings. The lowest BCUT2D eigenvalue weighted by Gasteiger charge is -2.07. The molecule has 0 radical (unpaired) electrons. The van der Waals surface area contributed by atoms with E-state index in [-0.39, 0.29) is 6.54 Å². The van der Waals surface area contributed by atoms with E-state index in [9.17, 15) is 9.00 Å². The van der Waals surface area contributed by atoms with Crippen LogP contribution in [0.2, 0.25) is 0 Å². The third-order valence-electron chi connectivity index (χ3n) is 4.27. The molecule has 0 spiro atoms. The second kappa shape index (κ2) is 8.34. The molecule has 0 saturated heterocycles. The summed E-state index contributed by atoms with van der Waals surface area (Å²) in [5.41, 5.74) is 1.18. The SMILES string of the molecule is O=C(O)COc1cccc2c(CNS(=O)Oc3ccc4ccccc4c3)coc12. The van der Waals surface area contributed by atoms with Crippen LogP contribution in [0.15, 0.2) is 71.3 Å². The number of carboxylic acid groups (broad SMARTS) is 1. The van der Waals surface area contributed by atoms with Crippen molar-refractivity contribution in [2.45, 2.75) is 6.54 Å². The topological polar surface area (TPSA) is 98.0 Å². The van der Waals surface area contributed by atoms with E-state index in [1.165, 1.54) is 6.26 Å². The van der Waals surface area contributed by atoms with Gasteiger partial charge in [-0.25, -0.2) is 4.79 Å². The summed E-state index contributed by atoms with van der Waals surface area (Å²) in [7, 11) is 0. The molecule has 7 nitrogen and oxygen atoms in total. The van der Waals surface area contributed by atoms with E-state index in [0.717, 1.165) is 21.7 Å². The van der Waals surface area contributed by atoms with Crippen LogP contribution in [0, 0.1) is 0 Å². The average Bonchev–Trinajstić information content (AvgIpc) is 3.14. The standard InChI is InChI=1S/C21H17NO6S/c23-20(24)13-26-19-7-3-6-18-16(12-27-21(18)19)11-22-29(25)28-17-9-8-14-4-1-2-5-15(14)10-17/h1-10,12,22H,11,13H2,(H,23,24). The van der Waals surface area contributed by atoms with Gasteiger partial charge in [0.25, 0.3) is 11.3 Å². The Labute approximate surface area is 168 Å². The highest BCUT2D eigenvalue weighted by Gasteiger charge is 2.13. The Morgan fingerprint density at radius 2 is 1.90 bits per heavy atom. The van der Waals surface area contributed by atoms with Crippen molar-refractivity contribution in [1.29, 1.82) is 0 Å². The van der Waals surface area contributed by atoms with Crippen LogP contribution < -0.4 is 13.6 Å². The smallest absolute Gasteiger partial charge is 0.341 e. The summed E-state index contributed by atoms with van der Waals surface area (Å²) in [6, 6.07) is 18.5. The Morgan fingerprint density at radius 3 is 2.72 bits per heavy atom. The molecule has 29 heavy (non-hydrogen) atoms. The van der Waals surface area contributed by atoms with Gasteiger partial charge in [-0.2, -0.15) is 8.93 Å². The van der Waals surface area contributed by atoms with Crippen molar-refractivity contribution in [1.82, 2.24) is 4.72 Å². The van der Waals surface area contributed by atoms with E-state index in [2.05, 4.69) is 4.72 Å².